The molecule has 1 heterocycles. The molecular weight excluding hydrogens is 314 g/mol. The van der Waals surface area contributed by atoms with E-state index < -0.39 is 11.6 Å². The molecule has 0 aromatic heterocycles. The second kappa shape index (κ2) is 7.13. The zero-order chi connectivity index (χ0) is 17.7. The summed E-state index contributed by atoms with van der Waals surface area (Å²) in [7, 11) is 0. The number of carbonyl (C=O) groups excluding carboxylic acids is 1. The number of allylic oxidation sites excluding steroid dienone is 2. The Morgan fingerprint density at radius 3 is 2.52 bits per heavy atom. The second-order valence-corrected chi connectivity index (χ2v) is 5.65. The zero-order valence-corrected chi connectivity index (χ0v) is 14.0. The predicted octanol–water partition coefficient (Wildman–Crippen LogP) is 2.88. The van der Waals surface area contributed by atoms with Gasteiger partial charge in [-0.25, -0.2) is 0 Å². The fraction of sp³-hybridized carbons (Fsp3) is 0.150. The van der Waals surface area contributed by atoms with Crippen LogP contribution in [0.4, 0.5) is 5.69 Å². The van der Waals surface area contributed by atoms with Crippen LogP contribution in [-0.4, -0.2) is 12.5 Å². The fourth-order valence-corrected chi connectivity index (χ4v) is 2.91. The number of nitrogens with one attached hydrogen (secondary N) is 2. The smallest absolute Gasteiger partial charge is 0.249 e. The maximum Gasteiger partial charge on any atom is 0.249 e. The van der Waals surface area contributed by atoms with E-state index in [2.05, 4.69) is 10.6 Å². The molecular formula is C20H21N3O2. The molecule has 0 saturated carbocycles. The van der Waals surface area contributed by atoms with E-state index in [1.807, 2.05) is 61.5 Å². The lowest BCUT2D eigenvalue weighted by atomic mass is 9.88. The first-order chi connectivity index (χ1) is 12.2. The summed E-state index contributed by atoms with van der Waals surface area (Å²) in [5, 5.41) is 6.70. The van der Waals surface area contributed by atoms with Crippen LogP contribution in [0.1, 0.15) is 12.5 Å². The van der Waals surface area contributed by atoms with Gasteiger partial charge in [0.1, 0.15) is 5.75 Å². The molecule has 0 fully saturated rings. The minimum Gasteiger partial charge on any atom is -0.494 e. The van der Waals surface area contributed by atoms with E-state index in [0.29, 0.717) is 12.2 Å². The summed E-state index contributed by atoms with van der Waals surface area (Å²) in [5.74, 6) is 0.284. The minimum absolute atomic E-state index is 0.433. The van der Waals surface area contributed by atoms with Crippen LogP contribution in [0.5, 0.6) is 5.75 Å². The van der Waals surface area contributed by atoms with Crippen molar-refractivity contribution in [3.63, 3.8) is 0 Å². The molecule has 1 aliphatic heterocycles. The molecule has 1 aliphatic rings. The number of rotatable bonds is 6. The lowest BCUT2D eigenvalue weighted by Crippen LogP contribution is -2.52. The molecule has 2 aromatic carbocycles. The fourth-order valence-electron chi connectivity index (χ4n) is 2.91. The molecule has 25 heavy (non-hydrogen) atoms. The zero-order valence-electron chi connectivity index (χ0n) is 14.0. The van der Waals surface area contributed by atoms with Crippen molar-refractivity contribution in [2.45, 2.75) is 12.6 Å². The highest BCUT2D eigenvalue weighted by Gasteiger charge is 2.39. The molecule has 128 valence electrons. The van der Waals surface area contributed by atoms with Crippen molar-refractivity contribution in [3.05, 3.63) is 84.1 Å². The predicted molar refractivity (Wildman–Crippen MR) is 98.9 cm³/mol. The number of para-hydroxylation sites is 1. The molecule has 3 rings (SSSR count). The van der Waals surface area contributed by atoms with Gasteiger partial charge in [-0.05, 0) is 49.5 Å². The summed E-state index contributed by atoms with van der Waals surface area (Å²) in [4.78, 5) is 12.1. The van der Waals surface area contributed by atoms with Gasteiger partial charge in [0.05, 0.1) is 12.2 Å². The summed E-state index contributed by atoms with van der Waals surface area (Å²) >= 11 is 0. The SMILES string of the molecule is CCOc1ccc(C2(Nc3ccccc3)NC=CC=C2C(N)=O)cc1. The van der Waals surface area contributed by atoms with Crippen LogP contribution in [0.3, 0.4) is 0 Å². The van der Waals surface area contributed by atoms with Crippen molar-refractivity contribution in [1.82, 2.24) is 5.32 Å². The Morgan fingerprint density at radius 2 is 1.88 bits per heavy atom. The Kier molecular flexibility index (Phi) is 4.75. The van der Waals surface area contributed by atoms with Crippen molar-refractivity contribution in [1.29, 1.82) is 0 Å². The Balaban J connectivity index is 2.07. The number of hydrogen-bond donors (Lipinski definition) is 3. The summed E-state index contributed by atoms with van der Waals surface area (Å²) < 4.78 is 5.51. The number of carbonyl (C=O) groups is 1. The summed E-state index contributed by atoms with van der Waals surface area (Å²) in [6.45, 7) is 2.54. The normalized spacial score (nSPS) is 18.8. The molecule has 5 nitrogen and oxygen atoms in total. The van der Waals surface area contributed by atoms with Crippen LogP contribution in [0.25, 0.3) is 0 Å². The average Bonchev–Trinajstić information content (AvgIpc) is 2.63. The number of anilines is 1. The third-order valence-electron chi connectivity index (χ3n) is 4.03. The van der Waals surface area contributed by atoms with Crippen LogP contribution in [0, 0.1) is 0 Å². The van der Waals surface area contributed by atoms with Gasteiger partial charge in [-0.2, -0.15) is 0 Å². The number of hydrogen-bond acceptors (Lipinski definition) is 4. The Morgan fingerprint density at radius 1 is 1.16 bits per heavy atom. The number of nitrogens with two attached hydrogens (primary N) is 1. The quantitative estimate of drug-likeness (QED) is 0.759. The van der Waals surface area contributed by atoms with Crippen molar-refractivity contribution < 1.29 is 9.53 Å². The van der Waals surface area contributed by atoms with Crippen LogP contribution in [0.15, 0.2) is 78.5 Å². The first-order valence-corrected chi connectivity index (χ1v) is 8.17. The first kappa shape index (κ1) is 16.6. The Hall–Kier alpha value is -3.21. The highest BCUT2D eigenvalue weighted by molar-refractivity contribution is 5.96. The minimum atomic E-state index is -0.952. The summed E-state index contributed by atoms with van der Waals surface area (Å²) in [5.41, 5.74) is 6.87. The maximum absolute atomic E-state index is 12.1. The largest absolute Gasteiger partial charge is 0.494 e. The van der Waals surface area contributed by atoms with Gasteiger partial charge in [0.25, 0.3) is 0 Å². The van der Waals surface area contributed by atoms with E-state index in [1.165, 1.54) is 0 Å². The standard InChI is InChI=1S/C20H21N3O2/c1-2-25-17-12-10-15(11-13-17)20(23-16-7-4-3-5-8-16)18(19(21)24)9-6-14-22-20/h3-14,22-23H,2H2,1H3,(H2,21,24). The number of dihydropyridines is 1. The number of ether oxygens (including phenoxy) is 1. The highest BCUT2D eigenvalue weighted by Crippen LogP contribution is 2.34. The van der Waals surface area contributed by atoms with E-state index in [-0.39, 0.29) is 0 Å². The molecule has 0 radical (unpaired) electrons. The van der Waals surface area contributed by atoms with Gasteiger partial charge in [-0.15, -0.1) is 0 Å². The van der Waals surface area contributed by atoms with Gasteiger partial charge in [0, 0.05) is 11.3 Å². The lowest BCUT2D eigenvalue weighted by molar-refractivity contribution is -0.115. The number of amides is 1. The molecule has 2 aromatic rings. The van der Waals surface area contributed by atoms with Crippen LogP contribution in [0.2, 0.25) is 0 Å². The van der Waals surface area contributed by atoms with Gasteiger partial charge >= 0.3 is 0 Å². The van der Waals surface area contributed by atoms with E-state index in [4.69, 9.17) is 10.5 Å². The molecule has 1 unspecified atom stereocenters. The summed E-state index contributed by atoms with van der Waals surface area (Å²) in [6, 6.07) is 17.3. The third kappa shape index (κ3) is 3.35. The average molecular weight is 335 g/mol. The lowest BCUT2D eigenvalue weighted by Gasteiger charge is -2.39. The van der Waals surface area contributed by atoms with Crippen molar-refractivity contribution in [2.75, 3.05) is 11.9 Å². The molecule has 0 spiro atoms. The van der Waals surface area contributed by atoms with E-state index in [9.17, 15) is 4.79 Å². The topological polar surface area (TPSA) is 76.4 Å². The molecule has 1 atom stereocenters. The van der Waals surface area contributed by atoms with Gasteiger partial charge in [0.15, 0.2) is 5.66 Å². The number of primary amides is 1. The van der Waals surface area contributed by atoms with E-state index in [0.717, 1.165) is 17.0 Å². The van der Waals surface area contributed by atoms with Crippen molar-refractivity contribution >= 4 is 11.6 Å². The first-order valence-electron chi connectivity index (χ1n) is 8.17. The Labute approximate surface area is 147 Å². The Bertz CT molecular complexity index is 797. The van der Waals surface area contributed by atoms with Gasteiger partial charge in [-0.3, -0.25) is 4.79 Å². The van der Waals surface area contributed by atoms with Crippen molar-refractivity contribution in [2.24, 2.45) is 5.73 Å². The highest BCUT2D eigenvalue weighted by atomic mass is 16.5. The molecule has 0 saturated heterocycles. The third-order valence-corrected chi connectivity index (χ3v) is 4.03. The molecule has 1 amide bonds. The maximum atomic E-state index is 12.1. The van der Waals surface area contributed by atoms with Gasteiger partial charge < -0.3 is 21.1 Å². The molecule has 5 heteroatoms. The van der Waals surface area contributed by atoms with E-state index >= 15 is 0 Å². The van der Waals surface area contributed by atoms with Crippen LogP contribution >= 0.6 is 0 Å². The molecule has 4 N–H and O–H groups in total. The van der Waals surface area contributed by atoms with Crippen molar-refractivity contribution in [3.8, 4) is 5.75 Å². The van der Waals surface area contributed by atoms with Gasteiger partial charge in [-0.1, -0.05) is 30.3 Å². The van der Waals surface area contributed by atoms with Crippen LogP contribution in [-0.2, 0) is 10.5 Å². The molecule has 0 bridgehead atoms. The van der Waals surface area contributed by atoms with Gasteiger partial charge in [0.2, 0.25) is 5.91 Å². The number of benzene rings is 2. The summed E-state index contributed by atoms with van der Waals surface area (Å²) in [6.07, 6.45) is 5.28. The monoisotopic (exact) mass is 335 g/mol. The van der Waals surface area contributed by atoms with Crippen LogP contribution < -0.4 is 21.1 Å². The second-order valence-electron chi connectivity index (χ2n) is 5.65. The molecule has 0 aliphatic carbocycles. The van der Waals surface area contributed by atoms with E-state index in [1.54, 1.807) is 18.4 Å².